The fourth-order valence-corrected chi connectivity index (χ4v) is 3.86. The van der Waals surface area contributed by atoms with Gasteiger partial charge in [-0.05, 0) is 32.4 Å². The molecule has 1 heteroatoms. The first-order valence-electron chi connectivity index (χ1n) is 11.9. The van der Waals surface area contributed by atoms with Crippen LogP contribution < -0.4 is 0 Å². The third-order valence-corrected chi connectivity index (χ3v) is 5.57. The summed E-state index contributed by atoms with van der Waals surface area (Å²) in [5.74, 6) is 0.874. The van der Waals surface area contributed by atoms with Crippen molar-refractivity contribution < 1.29 is 0 Å². The summed E-state index contributed by atoms with van der Waals surface area (Å²) in [7, 11) is 2.32. The van der Waals surface area contributed by atoms with Crippen LogP contribution in [0.4, 0.5) is 0 Å². The Bertz CT molecular complexity index is 238. The van der Waals surface area contributed by atoms with Gasteiger partial charge in [-0.15, -0.1) is 0 Å². The predicted molar refractivity (Wildman–Crippen MR) is 116 cm³/mol. The summed E-state index contributed by atoms with van der Waals surface area (Å²) in [4.78, 5) is 2.56. The van der Waals surface area contributed by atoms with Crippen LogP contribution in [0.2, 0.25) is 0 Å². The molecule has 0 aromatic carbocycles. The molecule has 0 spiro atoms. The lowest BCUT2D eigenvalue weighted by Gasteiger charge is -2.21. The Hall–Kier alpha value is -0.0400. The summed E-state index contributed by atoms with van der Waals surface area (Å²) in [6.07, 6.45) is 24.5. The molecule has 25 heavy (non-hydrogen) atoms. The molecule has 0 aromatic rings. The van der Waals surface area contributed by atoms with E-state index in [-0.39, 0.29) is 0 Å². The zero-order valence-electron chi connectivity index (χ0n) is 18.5. The van der Waals surface area contributed by atoms with Crippen LogP contribution in [0, 0.1) is 5.92 Å². The van der Waals surface area contributed by atoms with Gasteiger partial charge in [-0.3, -0.25) is 0 Å². The summed E-state index contributed by atoms with van der Waals surface area (Å²) < 4.78 is 0. The Morgan fingerprint density at radius 3 is 1.44 bits per heavy atom. The van der Waals surface area contributed by atoms with Gasteiger partial charge in [0.2, 0.25) is 0 Å². The minimum absolute atomic E-state index is 0.874. The number of hydrogen-bond donors (Lipinski definition) is 0. The molecule has 0 bridgehead atoms. The van der Waals surface area contributed by atoms with Gasteiger partial charge in [0.25, 0.3) is 0 Å². The van der Waals surface area contributed by atoms with Crippen molar-refractivity contribution in [2.75, 3.05) is 20.1 Å². The van der Waals surface area contributed by atoms with Crippen LogP contribution in [0.15, 0.2) is 0 Å². The quantitative estimate of drug-likeness (QED) is 0.199. The van der Waals surface area contributed by atoms with Gasteiger partial charge in [0.1, 0.15) is 0 Å². The van der Waals surface area contributed by atoms with Crippen LogP contribution in [0.1, 0.15) is 130 Å². The number of unbranched alkanes of at least 4 members (excludes halogenated alkanes) is 14. The number of hydrogen-bond acceptors (Lipinski definition) is 1. The largest absolute Gasteiger partial charge is 0.306 e. The highest BCUT2D eigenvalue weighted by Gasteiger charge is 2.05. The SMILES string of the molecule is CCCCCCCCCCCCCCCN(C)CC(C)CCCCC. The number of nitrogens with zero attached hydrogens (tertiary/aromatic N) is 1. The van der Waals surface area contributed by atoms with E-state index in [0.717, 1.165) is 5.92 Å². The van der Waals surface area contributed by atoms with Crippen LogP contribution in [-0.4, -0.2) is 25.0 Å². The van der Waals surface area contributed by atoms with E-state index in [1.54, 1.807) is 0 Å². The summed E-state index contributed by atoms with van der Waals surface area (Å²) in [5, 5.41) is 0. The van der Waals surface area contributed by atoms with Crippen LogP contribution in [0.25, 0.3) is 0 Å². The molecule has 152 valence electrons. The fraction of sp³-hybridized carbons (Fsp3) is 1.00. The van der Waals surface area contributed by atoms with Crippen LogP contribution >= 0.6 is 0 Å². The predicted octanol–water partition coefficient (Wildman–Crippen LogP) is 8.23. The monoisotopic (exact) mass is 353 g/mol. The highest BCUT2D eigenvalue weighted by atomic mass is 15.1. The van der Waals surface area contributed by atoms with Gasteiger partial charge in [-0.2, -0.15) is 0 Å². The fourth-order valence-electron chi connectivity index (χ4n) is 3.86. The maximum absolute atomic E-state index is 2.56. The minimum Gasteiger partial charge on any atom is -0.306 e. The second-order valence-corrected chi connectivity index (χ2v) is 8.61. The highest BCUT2D eigenvalue weighted by Crippen LogP contribution is 2.13. The second kappa shape index (κ2) is 20.3. The smallest absolute Gasteiger partial charge is 0.000397 e. The first-order valence-corrected chi connectivity index (χ1v) is 11.9. The van der Waals surface area contributed by atoms with Crippen molar-refractivity contribution in [2.24, 2.45) is 5.92 Å². The lowest BCUT2D eigenvalue weighted by Crippen LogP contribution is -2.25. The van der Waals surface area contributed by atoms with Gasteiger partial charge in [-0.25, -0.2) is 0 Å². The molecule has 1 nitrogen and oxygen atoms in total. The van der Waals surface area contributed by atoms with Gasteiger partial charge in [0, 0.05) is 6.54 Å². The van der Waals surface area contributed by atoms with Gasteiger partial charge in [0.15, 0.2) is 0 Å². The lowest BCUT2D eigenvalue weighted by atomic mass is 10.0. The van der Waals surface area contributed by atoms with Crippen molar-refractivity contribution in [3.63, 3.8) is 0 Å². The van der Waals surface area contributed by atoms with Crippen molar-refractivity contribution in [3.8, 4) is 0 Å². The van der Waals surface area contributed by atoms with E-state index in [0.29, 0.717) is 0 Å². The Morgan fingerprint density at radius 1 is 0.560 bits per heavy atom. The third kappa shape index (κ3) is 20.1. The molecule has 0 heterocycles. The number of rotatable bonds is 20. The lowest BCUT2D eigenvalue weighted by molar-refractivity contribution is 0.269. The van der Waals surface area contributed by atoms with Crippen LogP contribution in [0.3, 0.4) is 0 Å². The van der Waals surface area contributed by atoms with Gasteiger partial charge >= 0.3 is 0 Å². The first-order chi connectivity index (χ1) is 12.2. The summed E-state index contributed by atoms with van der Waals surface area (Å²) in [6.45, 7) is 9.62. The molecule has 0 saturated heterocycles. The van der Waals surface area contributed by atoms with E-state index in [9.17, 15) is 0 Å². The van der Waals surface area contributed by atoms with E-state index >= 15 is 0 Å². The zero-order valence-corrected chi connectivity index (χ0v) is 18.5. The standard InChI is InChI=1S/C24H51N/c1-5-7-9-10-11-12-13-14-15-16-17-18-20-22-25(4)23-24(3)21-19-8-6-2/h24H,5-23H2,1-4H3. The normalized spacial score (nSPS) is 12.8. The van der Waals surface area contributed by atoms with Crippen molar-refractivity contribution in [1.82, 2.24) is 4.90 Å². The molecule has 0 aromatic heterocycles. The van der Waals surface area contributed by atoms with Crippen molar-refractivity contribution in [2.45, 2.75) is 130 Å². The molecule has 0 fully saturated rings. The molecule has 0 aliphatic rings. The van der Waals surface area contributed by atoms with Gasteiger partial charge in [-0.1, -0.05) is 117 Å². The van der Waals surface area contributed by atoms with Crippen molar-refractivity contribution in [3.05, 3.63) is 0 Å². The summed E-state index contributed by atoms with van der Waals surface area (Å²) in [5.41, 5.74) is 0. The molecular formula is C24H51N. The summed E-state index contributed by atoms with van der Waals surface area (Å²) in [6, 6.07) is 0. The molecule has 0 rings (SSSR count). The maximum Gasteiger partial charge on any atom is 0.000397 e. The second-order valence-electron chi connectivity index (χ2n) is 8.61. The minimum atomic E-state index is 0.874. The maximum atomic E-state index is 2.56. The van der Waals surface area contributed by atoms with Gasteiger partial charge < -0.3 is 4.90 Å². The topological polar surface area (TPSA) is 3.24 Å². The van der Waals surface area contributed by atoms with Crippen LogP contribution in [-0.2, 0) is 0 Å². The molecule has 1 atom stereocenters. The molecule has 0 amide bonds. The molecule has 0 aliphatic carbocycles. The highest BCUT2D eigenvalue weighted by molar-refractivity contribution is 4.60. The molecule has 0 aliphatic heterocycles. The molecule has 0 saturated carbocycles. The molecule has 0 radical (unpaired) electrons. The average molecular weight is 354 g/mol. The van der Waals surface area contributed by atoms with E-state index in [1.165, 1.54) is 122 Å². The van der Waals surface area contributed by atoms with E-state index in [4.69, 9.17) is 0 Å². The first kappa shape index (κ1) is 25.0. The van der Waals surface area contributed by atoms with Crippen LogP contribution in [0.5, 0.6) is 0 Å². The summed E-state index contributed by atoms with van der Waals surface area (Å²) >= 11 is 0. The van der Waals surface area contributed by atoms with E-state index in [1.807, 2.05) is 0 Å². The molecule has 0 N–H and O–H groups in total. The molecule has 1 unspecified atom stereocenters. The Balaban J connectivity index is 3.21. The third-order valence-electron chi connectivity index (χ3n) is 5.57. The van der Waals surface area contributed by atoms with E-state index in [2.05, 4.69) is 32.7 Å². The Labute approximate surface area is 161 Å². The zero-order chi connectivity index (χ0) is 18.6. The average Bonchev–Trinajstić information content (AvgIpc) is 2.59. The van der Waals surface area contributed by atoms with E-state index < -0.39 is 0 Å². The van der Waals surface area contributed by atoms with Crippen molar-refractivity contribution >= 4 is 0 Å². The van der Waals surface area contributed by atoms with Crippen molar-refractivity contribution in [1.29, 1.82) is 0 Å². The van der Waals surface area contributed by atoms with Gasteiger partial charge in [0.05, 0.1) is 0 Å². The Morgan fingerprint density at radius 2 is 0.960 bits per heavy atom. The molecular weight excluding hydrogens is 302 g/mol. The Kier molecular flexibility index (Phi) is 20.2.